The molecule has 0 fully saturated rings. The van der Waals surface area contributed by atoms with Gasteiger partial charge in [0.15, 0.2) is 0 Å². The Labute approximate surface area is 132 Å². The Balaban J connectivity index is 2.02. The van der Waals surface area contributed by atoms with Crippen LogP contribution < -0.4 is 0 Å². The van der Waals surface area contributed by atoms with Gasteiger partial charge in [-0.15, -0.1) is 0 Å². The van der Waals surface area contributed by atoms with Crippen LogP contribution in [0.25, 0.3) is 11.1 Å². The lowest BCUT2D eigenvalue weighted by Crippen LogP contribution is -2.47. The second-order valence-corrected chi connectivity index (χ2v) is 6.60. The van der Waals surface area contributed by atoms with Crippen LogP contribution in [0.5, 0.6) is 0 Å². The topological polar surface area (TPSA) is 0 Å². The summed E-state index contributed by atoms with van der Waals surface area (Å²) in [4.78, 5) is 0. The Hall–Kier alpha value is -2.34. The van der Waals surface area contributed by atoms with Crippen molar-refractivity contribution in [2.24, 2.45) is 10.8 Å². The van der Waals surface area contributed by atoms with E-state index < -0.39 is 0 Å². The number of fused-ring (bicyclic) bond motifs is 1. The number of hydrogen-bond acceptors (Lipinski definition) is 0. The van der Waals surface area contributed by atoms with Crippen molar-refractivity contribution in [3.05, 3.63) is 96.1 Å². The van der Waals surface area contributed by atoms with Crippen molar-refractivity contribution in [1.82, 2.24) is 0 Å². The van der Waals surface area contributed by atoms with Gasteiger partial charge in [0.1, 0.15) is 0 Å². The maximum absolute atomic E-state index is 2.36. The molecule has 108 valence electrons. The van der Waals surface area contributed by atoms with E-state index >= 15 is 0 Å². The van der Waals surface area contributed by atoms with Gasteiger partial charge in [-0.1, -0.05) is 98.8 Å². The Kier molecular flexibility index (Phi) is 2.77. The van der Waals surface area contributed by atoms with Crippen LogP contribution in [0.15, 0.2) is 85.0 Å². The summed E-state index contributed by atoms with van der Waals surface area (Å²) in [5, 5.41) is 0. The highest BCUT2D eigenvalue weighted by Gasteiger charge is 2.57. The first-order valence-corrected chi connectivity index (χ1v) is 7.90. The molecule has 2 aromatic rings. The first kappa shape index (κ1) is 13.3. The van der Waals surface area contributed by atoms with Crippen LogP contribution in [0.1, 0.15) is 25.0 Å². The van der Waals surface area contributed by atoms with Crippen molar-refractivity contribution in [1.29, 1.82) is 0 Å². The highest BCUT2D eigenvalue weighted by Crippen LogP contribution is 2.69. The van der Waals surface area contributed by atoms with Gasteiger partial charge in [-0.2, -0.15) is 0 Å². The third-order valence-corrected chi connectivity index (χ3v) is 5.46. The molecule has 4 rings (SSSR count). The lowest BCUT2D eigenvalue weighted by molar-refractivity contribution is 0.304. The zero-order chi connectivity index (χ0) is 15.2. The third kappa shape index (κ3) is 1.58. The van der Waals surface area contributed by atoms with E-state index in [0.717, 1.165) is 0 Å². The van der Waals surface area contributed by atoms with Gasteiger partial charge in [-0.05, 0) is 22.3 Å². The van der Waals surface area contributed by atoms with Crippen LogP contribution in [0.4, 0.5) is 0 Å². The second kappa shape index (κ2) is 4.58. The Morgan fingerprint density at radius 3 is 1.27 bits per heavy atom. The number of hydrogen-bond donors (Lipinski definition) is 0. The average molecular weight is 284 g/mol. The third-order valence-electron chi connectivity index (χ3n) is 5.46. The molecule has 2 aliphatic carbocycles. The highest BCUT2D eigenvalue weighted by molar-refractivity contribution is 6.06. The van der Waals surface area contributed by atoms with Crippen molar-refractivity contribution in [3.8, 4) is 0 Å². The van der Waals surface area contributed by atoms with E-state index in [1.807, 2.05) is 0 Å². The molecule has 0 nitrogen and oxygen atoms in total. The summed E-state index contributed by atoms with van der Waals surface area (Å²) >= 11 is 0. The van der Waals surface area contributed by atoms with Gasteiger partial charge in [0.05, 0.1) is 0 Å². The maximum atomic E-state index is 2.36. The highest BCUT2D eigenvalue weighted by atomic mass is 14.6. The maximum Gasteiger partial charge on any atom is 0.0245 e. The molecule has 0 saturated carbocycles. The molecule has 2 atom stereocenters. The van der Waals surface area contributed by atoms with Crippen LogP contribution in [0, 0.1) is 10.8 Å². The minimum absolute atomic E-state index is 0.0638. The van der Waals surface area contributed by atoms with E-state index in [2.05, 4.69) is 98.8 Å². The van der Waals surface area contributed by atoms with E-state index in [-0.39, 0.29) is 10.8 Å². The summed E-state index contributed by atoms with van der Waals surface area (Å²) in [5.41, 5.74) is 5.72. The monoisotopic (exact) mass is 284 g/mol. The van der Waals surface area contributed by atoms with Gasteiger partial charge in [-0.3, -0.25) is 0 Å². The van der Waals surface area contributed by atoms with Gasteiger partial charge < -0.3 is 0 Å². The molecule has 0 aliphatic heterocycles. The Morgan fingerprint density at radius 1 is 0.545 bits per heavy atom. The van der Waals surface area contributed by atoms with Crippen molar-refractivity contribution >= 4 is 11.1 Å². The predicted molar refractivity (Wildman–Crippen MR) is 94.2 cm³/mol. The fourth-order valence-electron chi connectivity index (χ4n) is 4.08. The smallest absolute Gasteiger partial charge is 0.0245 e. The quantitative estimate of drug-likeness (QED) is 0.658. The normalized spacial score (nSPS) is 29.2. The van der Waals surface area contributed by atoms with Crippen LogP contribution in [-0.2, 0) is 0 Å². The summed E-state index contributed by atoms with van der Waals surface area (Å²) in [6, 6.07) is 21.6. The molecule has 0 spiro atoms. The van der Waals surface area contributed by atoms with Gasteiger partial charge in [0, 0.05) is 10.8 Å². The zero-order valence-corrected chi connectivity index (χ0v) is 13.1. The lowest BCUT2D eigenvalue weighted by Gasteiger charge is -2.58. The standard InChI is InChI=1S/C22H20/c1-21-15-9-10-16-22(21,2)20(18-13-7-4-8-14-18)19(21)17-11-5-3-6-12-17/h3-16H,1-2H3/t21-,22+. The Morgan fingerprint density at radius 2 is 0.909 bits per heavy atom. The van der Waals surface area contributed by atoms with Crippen LogP contribution >= 0.6 is 0 Å². The fourth-order valence-corrected chi connectivity index (χ4v) is 4.08. The summed E-state index contributed by atoms with van der Waals surface area (Å²) in [7, 11) is 0. The molecule has 0 radical (unpaired) electrons. The molecule has 0 unspecified atom stereocenters. The molecular formula is C22H20. The molecule has 0 heterocycles. The van der Waals surface area contributed by atoms with E-state index in [0.29, 0.717) is 0 Å². The summed E-state index contributed by atoms with van der Waals surface area (Å²) in [6.45, 7) is 4.73. The molecule has 2 aromatic carbocycles. The first-order chi connectivity index (χ1) is 10.7. The molecular weight excluding hydrogens is 264 g/mol. The van der Waals surface area contributed by atoms with Gasteiger partial charge in [0.2, 0.25) is 0 Å². The van der Waals surface area contributed by atoms with Gasteiger partial charge in [-0.25, -0.2) is 0 Å². The minimum atomic E-state index is 0.0638. The first-order valence-electron chi connectivity index (χ1n) is 7.90. The second-order valence-electron chi connectivity index (χ2n) is 6.60. The minimum Gasteiger partial charge on any atom is -0.0730 e. The van der Waals surface area contributed by atoms with Gasteiger partial charge in [0.25, 0.3) is 0 Å². The van der Waals surface area contributed by atoms with Crippen molar-refractivity contribution in [3.63, 3.8) is 0 Å². The van der Waals surface area contributed by atoms with Crippen molar-refractivity contribution in [2.75, 3.05) is 0 Å². The number of benzene rings is 2. The van der Waals surface area contributed by atoms with Crippen molar-refractivity contribution in [2.45, 2.75) is 13.8 Å². The largest absolute Gasteiger partial charge is 0.0730 e. The predicted octanol–water partition coefficient (Wildman–Crippen LogP) is 5.75. The molecule has 0 aromatic heterocycles. The van der Waals surface area contributed by atoms with E-state index in [9.17, 15) is 0 Å². The summed E-state index contributed by atoms with van der Waals surface area (Å²) < 4.78 is 0. The Bertz CT molecular complexity index is 723. The SMILES string of the molecule is C[C@@]12C=CC=C[C@]1(C)C(c1ccccc1)=C2c1ccccc1. The van der Waals surface area contributed by atoms with Crippen LogP contribution in [0.3, 0.4) is 0 Å². The molecule has 0 N–H and O–H groups in total. The lowest BCUT2D eigenvalue weighted by atomic mass is 9.44. The average Bonchev–Trinajstić information content (AvgIpc) is 2.56. The number of allylic oxidation sites excluding steroid dienone is 6. The van der Waals surface area contributed by atoms with Gasteiger partial charge >= 0.3 is 0 Å². The van der Waals surface area contributed by atoms with Crippen LogP contribution in [0.2, 0.25) is 0 Å². The zero-order valence-electron chi connectivity index (χ0n) is 13.1. The van der Waals surface area contributed by atoms with E-state index in [4.69, 9.17) is 0 Å². The molecule has 22 heavy (non-hydrogen) atoms. The molecule has 0 heteroatoms. The number of rotatable bonds is 2. The van der Waals surface area contributed by atoms with E-state index in [1.54, 1.807) is 0 Å². The molecule has 2 aliphatic rings. The fraction of sp³-hybridized carbons (Fsp3) is 0.182. The molecule has 0 amide bonds. The van der Waals surface area contributed by atoms with Crippen molar-refractivity contribution < 1.29 is 0 Å². The summed E-state index contributed by atoms with van der Waals surface area (Å²) in [6.07, 6.45) is 9.10. The summed E-state index contributed by atoms with van der Waals surface area (Å²) in [5.74, 6) is 0. The molecule has 0 saturated heterocycles. The van der Waals surface area contributed by atoms with E-state index in [1.165, 1.54) is 22.3 Å². The molecule has 0 bridgehead atoms. The van der Waals surface area contributed by atoms with Crippen LogP contribution in [-0.4, -0.2) is 0 Å².